The third-order valence-corrected chi connectivity index (χ3v) is 4.20. The maximum atomic E-state index is 10.9. The number of para-hydroxylation sites is 1. The fourth-order valence-corrected chi connectivity index (χ4v) is 2.80. The SMILES string of the molecule is N#CCCn1cc(/C=N\Nc2cc(C(=O)[O-])ccc2Cl)c2ccccc21. The lowest BCUT2D eigenvalue weighted by molar-refractivity contribution is -0.255. The molecule has 1 N–H and O–H groups in total. The van der Waals surface area contributed by atoms with Gasteiger partial charge in [0.25, 0.3) is 0 Å². The summed E-state index contributed by atoms with van der Waals surface area (Å²) < 4.78 is 2.00. The van der Waals surface area contributed by atoms with Gasteiger partial charge < -0.3 is 14.5 Å². The number of nitriles is 1. The normalized spacial score (nSPS) is 10.9. The molecule has 0 saturated heterocycles. The van der Waals surface area contributed by atoms with Gasteiger partial charge in [0, 0.05) is 29.2 Å². The van der Waals surface area contributed by atoms with Crippen LogP contribution in [0, 0.1) is 11.3 Å². The number of rotatable bonds is 6. The molecule has 0 atom stereocenters. The van der Waals surface area contributed by atoms with Crippen LogP contribution in [0.4, 0.5) is 5.69 Å². The molecule has 0 fully saturated rings. The fraction of sp³-hybridized carbons (Fsp3) is 0.105. The topological polar surface area (TPSA) is 93.2 Å². The average Bonchev–Trinajstić information content (AvgIpc) is 2.99. The van der Waals surface area contributed by atoms with E-state index in [0.717, 1.165) is 16.5 Å². The number of hydrogen-bond donors (Lipinski definition) is 1. The highest BCUT2D eigenvalue weighted by Gasteiger charge is 2.06. The summed E-state index contributed by atoms with van der Waals surface area (Å²) >= 11 is 6.05. The number of aryl methyl sites for hydroxylation is 1. The zero-order valence-electron chi connectivity index (χ0n) is 13.6. The Hall–Kier alpha value is -3.30. The molecule has 0 radical (unpaired) electrons. The summed E-state index contributed by atoms with van der Waals surface area (Å²) in [6.45, 7) is 0.595. The molecule has 6 nitrogen and oxygen atoms in total. The Morgan fingerprint density at radius 1 is 1.35 bits per heavy atom. The molecule has 3 rings (SSSR count). The Labute approximate surface area is 154 Å². The first kappa shape index (κ1) is 17.5. The lowest BCUT2D eigenvalue weighted by atomic mass is 10.2. The number of halogens is 1. The van der Waals surface area contributed by atoms with Crippen LogP contribution in [0.5, 0.6) is 0 Å². The number of hydrogen-bond acceptors (Lipinski definition) is 5. The summed E-state index contributed by atoms with van der Waals surface area (Å²) in [7, 11) is 0. The largest absolute Gasteiger partial charge is 0.545 e. The first-order valence-corrected chi connectivity index (χ1v) is 8.22. The van der Waals surface area contributed by atoms with Crippen molar-refractivity contribution < 1.29 is 9.90 Å². The minimum atomic E-state index is -1.28. The van der Waals surface area contributed by atoms with Crippen LogP contribution < -0.4 is 10.5 Å². The molecule has 0 amide bonds. The van der Waals surface area contributed by atoms with Crippen molar-refractivity contribution in [2.75, 3.05) is 5.43 Å². The molecule has 1 heterocycles. The standard InChI is InChI=1S/C19H15ClN4O2/c20-16-7-6-13(19(25)26)10-17(16)23-22-11-14-12-24(9-3-8-21)18-5-2-1-4-15(14)18/h1-2,4-7,10-12,23H,3,9H2,(H,25,26)/p-1/b22-11-. The van der Waals surface area contributed by atoms with E-state index in [4.69, 9.17) is 16.9 Å². The number of fused-ring (bicyclic) bond motifs is 1. The van der Waals surface area contributed by atoms with Crippen molar-refractivity contribution in [1.82, 2.24) is 4.57 Å². The quantitative estimate of drug-likeness (QED) is 0.536. The van der Waals surface area contributed by atoms with E-state index in [-0.39, 0.29) is 5.56 Å². The molecule has 7 heteroatoms. The smallest absolute Gasteiger partial charge is 0.0754 e. The van der Waals surface area contributed by atoms with Gasteiger partial charge in [0.05, 0.1) is 35.4 Å². The highest BCUT2D eigenvalue weighted by Crippen LogP contribution is 2.23. The molecule has 0 aliphatic rings. The van der Waals surface area contributed by atoms with E-state index in [0.29, 0.717) is 23.7 Å². The van der Waals surface area contributed by atoms with E-state index in [1.54, 1.807) is 6.21 Å². The Kier molecular flexibility index (Phi) is 5.20. The van der Waals surface area contributed by atoms with Gasteiger partial charge in [-0.05, 0) is 23.8 Å². The van der Waals surface area contributed by atoms with E-state index in [9.17, 15) is 9.90 Å². The van der Waals surface area contributed by atoms with Gasteiger partial charge in [0.15, 0.2) is 0 Å². The van der Waals surface area contributed by atoms with Crippen LogP contribution in [-0.2, 0) is 6.54 Å². The minimum absolute atomic E-state index is 0.0141. The number of benzene rings is 2. The number of carboxylic acids is 1. The number of carbonyl (C=O) groups is 1. The van der Waals surface area contributed by atoms with Crippen molar-refractivity contribution in [3.63, 3.8) is 0 Å². The van der Waals surface area contributed by atoms with Crippen LogP contribution >= 0.6 is 11.6 Å². The number of aromatic carboxylic acids is 1. The summed E-state index contributed by atoms with van der Waals surface area (Å²) in [6, 6.07) is 14.2. The predicted molar refractivity (Wildman–Crippen MR) is 99.2 cm³/mol. The molecule has 0 aliphatic heterocycles. The molecule has 26 heavy (non-hydrogen) atoms. The lowest BCUT2D eigenvalue weighted by Gasteiger charge is -2.07. The summed E-state index contributed by atoms with van der Waals surface area (Å²) in [5, 5.41) is 25.3. The Morgan fingerprint density at radius 3 is 2.92 bits per heavy atom. The summed E-state index contributed by atoms with van der Waals surface area (Å²) in [5.74, 6) is -1.28. The molecule has 130 valence electrons. The number of nitrogens with zero attached hydrogens (tertiary/aromatic N) is 3. The van der Waals surface area contributed by atoms with Crippen molar-refractivity contribution in [3.05, 3.63) is 64.8 Å². The number of anilines is 1. The van der Waals surface area contributed by atoms with Gasteiger partial charge in [-0.1, -0.05) is 35.9 Å². The number of carboxylic acid groups (broad SMARTS) is 1. The maximum absolute atomic E-state index is 10.9. The third kappa shape index (κ3) is 3.68. The second-order valence-corrected chi connectivity index (χ2v) is 5.96. The highest BCUT2D eigenvalue weighted by molar-refractivity contribution is 6.33. The minimum Gasteiger partial charge on any atom is -0.545 e. The van der Waals surface area contributed by atoms with Gasteiger partial charge in [-0.2, -0.15) is 10.4 Å². The summed E-state index contributed by atoms with van der Waals surface area (Å²) in [5.41, 5.74) is 5.03. The molecule has 0 spiro atoms. The molecule has 0 saturated carbocycles. The highest BCUT2D eigenvalue weighted by atomic mass is 35.5. The Balaban J connectivity index is 1.86. The van der Waals surface area contributed by atoms with E-state index >= 15 is 0 Å². The Morgan fingerprint density at radius 2 is 2.15 bits per heavy atom. The zero-order valence-corrected chi connectivity index (χ0v) is 14.4. The van der Waals surface area contributed by atoms with Crippen LogP contribution in [0.15, 0.2) is 53.8 Å². The van der Waals surface area contributed by atoms with Crippen LogP contribution in [-0.4, -0.2) is 16.8 Å². The van der Waals surface area contributed by atoms with Gasteiger partial charge in [-0.3, -0.25) is 5.43 Å². The van der Waals surface area contributed by atoms with Gasteiger partial charge in [0.1, 0.15) is 0 Å². The van der Waals surface area contributed by atoms with Crippen molar-refractivity contribution in [1.29, 1.82) is 5.26 Å². The summed E-state index contributed by atoms with van der Waals surface area (Å²) in [6.07, 6.45) is 3.97. The van der Waals surface area contributed by atoms with Crippen LogP contribution in [0.3, 0.4) is 0 Å². The van der Waals surface area contributed by atoms with E-state index in [1.165, 1.54) is 18.2 Å². The van der Waals surface area contributed by atoms with Crippen LogP contribution in [0.25, 0.3) is 10.9 Å². The van der Waals surface area contributed by atoms with Gasteiger partial charge in [0.2, 0.25) is 0 Å². The second kappa shape index (κ2) is 7.72. The lowest BCUT2D eigenvalue weighted by Crippen LogP contribution is -2.22. The van der Waals surface area contributed by atoms with Crippen LogP contribution in [0.1, 0.15) is 22.3 Å². The molecular formula is C19H14ClN4O2-. The molecule has 3 aromatic rings. The number of carbonyl (C=O) groups excluding carboxylic acids is 1. The van der Waals surface area contributed by atoms with Crippen molar-refractivity contribution in [3.8, 4) is 6.07 Å². The summed E-state index contributed by atoms with van der Waals surface area (Å²) in [4.78, 5) is 10.9. The van der Waals surface area contributed by atoms with E-state index in [2.05, 4.69) is 16.6 Å². The van der Waals surface area contributed by atoms with Crippen molar-refractivity contribution >= 4 is 40.4 Å². The van der Waals surface area contributed by atoms with Crippen LogP contribution in [0.2, 0.25) is 5.02 Å². The number of nitrogens with one attached hydrogen (secondary N) is 1. The number of hydrazone groups is 1. The predicted octanol–water partition coefficient (Wildman–Crippen LogP) is 3.02. The Bertz CT molecular complexity index is 1030. The first-order chi connectivity index (χ1) is 12.6. The monoisotopic (exact) mass is 365 g/mol. The number of aromatic nitrogens is 1. The molecular weight excluding hydrogens is 352 g/mol. The average molecular weight is 366 g/mol. The zero-order chi connectivity index (χ0) is 18.5. The third-order valence-electron chi connectivity index (χ3n) is 3.87. The van der Waals surface area contributed by atoms with E-state index in [1.807, 2.05) is 35.0 Å². The first-order valence-electron chi connectivity index (χ1n) is 7.85. The maximum Gasteiger partial charge on any atom is 0.0754 e. The van der Waals surface area contributed by atoms with Crippen molar-refractivity contribution in [2.45, 2.75) is 13.0 Å². The second-order valence-electron chi connectivity index (χ2n) is 5.56. The van der Waals surface area contributed by atoms with Gasteiger partial charge in [-0.25, -0.2) is 0 Å². The molecule has 0 aliphatic carbocycles. The van der Waals surface area contributed by atoms with Crippen molar-refractivity contribution in [2.24, 2.45) is 5.10 Å². The van der Waals surface area contributed by atoms with E-state index < -0.39 is 5.97 Å². The molecule has 0 unspecified atom stereocenters. The molecule has 2 aromatic carbocycles. The fourth-order valence-electron chi connectivity index (χ4n) is 2.64. The molecule has 1 aromatic heterocycles. The molecule has 0 bridgehead atoms. The van der Waals surface area contributed by atoms with Gasteiger partial charge >= 0.3 is 0 Å². The van der Waals surface area contributed by atoms with Gasteiger partial charge in [-0.15, -0.1) is 0 Å².